The molecule has 0 spiro atoms. The van der Waals surface area contributed by atoms with Gasteiger partial charge < -0.3 is 20.1 Å². The van der Waals surface area contributed by atoms with Crippen LogP contribution in [0, 0.1) is 0 Å². The lowest BCUT2D eigenvalue weighted by Crippen LogP contribution is -2.24. The highest BCUT2D eigenvalue weighted by Gasteiger charge is 2.11. The lowest BCUT2D eigenvalue weighted by Gasteiger charge is -2.13. The number of nitrogens with zero attached hydrogens (tertiary/aromatic N) is 1. The lowest BCUT2D eigenvalue weighted by molar-refractivity contribution is -0.116. The van der Waals surface area contributed by atoms with Gasteiger partial charge in [0.15, 0.2) is 11.5 Å². The molecule has 0 aliphatic carbocycles. The number of amides is 2. The van der Waals surface area contributed by atoms with Crippen molar-refractivity contribution in [2.24, 2.45) is 0 Å². The largest absolute Gasteiger partial charge is 0.493 e. The number of hydrogen-bond donors (Lipinski definition) is 2. The quantitative estimate of drug-likeness (QED) is 0.505. The average molecular weight is 434 g/mol. The number of aryl methyl sites for hydroxylation is 1. The molecule has 3 aromatic rings. The first-order chi connectivity index (χ1) is 15.6. The first-order valence-electron chi connectivity index (χ1n) is 10.5. The van der Waals surface area contributed by atoms with E-state index >= 15 is 0 Å². The molecule has 0 saturated heterocycles. The van der Waals surface area contributed by atoms with Gasteiger partial charge in [-0.2, -0.15) is 0 Å². The molecule has 0 aliphatic heterocycles. The number of pyridine rings is 1. The molecule has 166 valence electrons. The molecule has 2 amide bonds. The van der Waals surface area contributed by atoms with E-state index < -0.39 is 0 Å². The molecule has 2 aromatic carbocycles. The van der Waals surface area contributed by atoms with Crippen LogP contribution in [0.15, 0.2) is 67.0 Å². The maximum absolute atomic E-state index is 12.6. The summed E-state index contributed by atoms with van der Waals surface area (Å²) < 4.78 is 10.9. The summed E-state index contributed by atoms with van der Waals surface area (Å²) in [5, 5.41) is 5.81. The minimum Gasteiger partial charge on any atom is -0.493 e. The first-order valence-corrected chi connectivity index (χ1v) is 10.5. The van der Waals surface area contributed by atoms with Gasteiger partial charge >= 0.3 is 0 Å². The fraction of sp³-hybridized carbons (Fsp3) is 0.240. The van der Waals surface area contributed by atoms with Crippen LogP contribution in [0.4, 0.5) is 5.69 Å². The maximum atomic E-state index is 12.6. The fourth-order valence-corrected chi connectivity index (χ4v) is 3.18. The SMILES string of the molecule is CCOc1ccc(CCC(=O)Nc2ccccc2CNC(=O)c2cccnc2)cc1OC. The monoisotopic (exact) mass is 433 g/mol. The third-order valence-corrected chi connectivity index (χ3v) is 4.82. The molecule has 0 atom stereocenters. The molecule has 1 heterocycles. The Morgan fingerprint density at radius 3 is 2.62 bits per heavy atom. The molecule has 0 fully saturated rings. The summed E-state index contributed by atoms with van der Waals surface area (Å²) in [6.07, 6.45) is 4.01. The highest BCUT2D eigenvalue weighted by Crippen LogP contribution is 2.28. The van der Waals surface area contributed by atoms with Gasteiger partial charge in [-0.25, -0.2) is 0 Å². The van der Waals surface area contributed by atoms with E-state index in [0.717, 1.165) is 11.1 Å². The van der Waals surface area contributed by atoms with E-state index in [1.807, 2.05) is 49.4 Å². The molecule has 0 bridgehead atoms. The summed E-state index contributed by atoms with van der Waals surface area (Å²) in [6, 6.07) is 16.5. The first kappa shape index (κ1) is 22.8. The summed E-state index contributed by atoms with van der Waals surface area (Å²) in [6.45, 7) is 2.76. The van der Waals surface area contributed by atoms with Gasteiger partial charge in [0.1, 0.15) is 0 Å². The Morgan fingerprint density at radius 1 is 1.03 bits per heavy atom. The Bertz CT molecular complexity index is 1050. The van der Waals surface area contributed by atoms with Crippen molar-refractivity contribution in [3.05, 3.63) is 83.7 Å². The number of ether oxygens (including phenoxy) is 2. The second-order valence-electron chi connectivity index (χ2n) is 7.05. The van der Waals surface area contributed by atoms with Gasteiger partial charge in [-0.3, -0.25) is 14.6 Å². The van der Waals surface area contributed by atoms with Crippen molar-refractivity contribution in [1.82, 2.24) is 10.3 Å². The van der Waals surface area contributed by atoms with E-state index in [1.165, 1.54) is 6.20 Å². The van der Waals surface area contributed by atoms with Crippen LogP contribution in [-0.4, -0.2) is 30.5 Å². The number of anilines is 1. The zero-order valence-electron chi connectivity index (χ0n) is 18.3. The van der Waals surface area contributed by atoms with E-state index in [1.54, 1.807) is 25.4 Å². The number of methoxy groups -OCH3 is 1. The van der Waals surface area contributed by atoms with Gasteiger partial charge in [-0.15, -0.1) is 0 Å². The maximum Gasteiger partial charge on any atom is 0.253 e. The number of aromatic nitrogens is 1. The summed E-state index contributed by atoms with van der Waals surface area (Å²) in [5.74, 6) is 1.01. The number of para-hydroxylation sites is 1. The molecule has 2 N–H and O–H groups in total. The van der Waals surface area contributed by atoms with E-state index in [0.29, 0.717) is 48.7 Å². The second kappa shape index (κ2) is 11.5. The Morgan fingerprint density at radius 2 is 1.88 bits per heavy atom. The minimum atomic E-state index is -0.219. The van der Waals surface area contributed by atoms with Crippen LogP contribution in [0.5, 0.6) is 11.5 Å². The Balaban J connectivity index is 1.57. The third-order valence-electron chi connectivity index (χ3n) is 4.82. The number of hydrogen-bond acceptors (Lipinski definition) is 5. The van der Waals surface area contributed by atoms with E-state index in [-0.39, 0.29) is 11.8 Å². The number of nitrogens with one attached hydrogen (secondary N) is 2. The highest BCUT2D eigenvalue weighted by molar-refractivity contribution is 5.94. The molecular weight excluding hydrogens is 406 g/mol. The second-order valence-corrected chi connectivity index (χ2v) is 7.05. The van der Waals surface area contributed by atoms with Crippen LogP contribution in [0.1, 0.15) is 34.8 Å². The Labute approximate surface area is 187 Å². The van der Waals surface area contributed by atoms with Crippen molar-refractivity contribution in [3.8, 4) is 11.5 Å². The highest BCUT2D eigenvalue weighted by atomic mass is 16.5. The predicted octanol–water partition coefficient (Wildman–Crippen LogP) is 3.99. The topological polar surface area (TPSA) is 89.6 Å². The van der Waals surface area contributed by atoms with Crippen LogP contribution in [0.2, 0.25) is 0 Å². The zero-order chi connectivity index (χ0) is 22.8. The van der Waals surface area contributed by atoms with Crippen LogP contribution in [-0.2, 0) is 17.8 Å². The van der Waals surface area contributed by atoms with Gasteiger partial charge in [0.05, 0.1) is 19.3 Å². The zero-order valence-corrected chi connectivity index (χ0v) is 18.3. The molecule has 7 nitrogen and oxygen atoms in total. The van der Waals surface area contributed by atoms with E-state index in [4.69, 9.17) is 9.47 Å². The lowest BCUT2D eigenvalue weighted by atomic mass is 10.1. The fourth-order valence-electron chi connectivity index (χ4n) is 3.18. The molecule has 3 rings (SSSR count). The summed E-state index contributed by atoms with van der Waals surface area (Å²) >= 11 is 0. The third kappa shape index (κ3) is 6.31. The van der Waals surface area contributed by atoms with Gasteiger partial charge in [0.2, 0.25) is 5.91 Å². The molecular formula is C25H27N3O4. The van der Waals surface area contributed by atoms with Crippen molar-refractivity contribution >= 4 is 17.5 Å². The molecule has 0 radical (unpaired) electrons. The summed E-state index contributed by atoms with van der Waals surface area (Å²) in [5.41, 5.74) is 2.96. The molecule has 0 unspecified atom stereocenters. The standard InChI is InChI=1S/C25H27N3O4/c1-3-32-22-12-10-18(15-23(22)31-2)11-13-24(29)28-21-9-5-4-7-19(21)17-27-25(30)20-8-6-14-26-16-20/h4-10,12,14-16H,3,11,13,17H2,1-2H3,(H,27,30)(H,28,29). The van der Waals surface area contributed by atoms with E-state index in [2.05, 4.69) is 15.6 Å². The molecule has 0 saturated carbocycles. The molecule has 0 aliphatic rings. The van der Waals surface area contributed by atoms with Crippen molar-refractivity contribution in [1.29, 1.82) is 0 Å². The predicted molar refractivity (Wildman–Crippen MR) is 123 cm³/mol. The van der Waals surface area contributed by atoms with Crippen molar-refractivity contribution in [2.75, 3.05) is 19.0 Å². The number of benzene rings is 2. The normalized spacial score (nSPS) is 10.3. The van der Waals surface area contributed by atoms with Crippen molar-refractivity contribution in [3.63, 3.8) is 0 Å². The van der Waals surface area contributed by atoms with Gasteiger partial charge in [0, 0.05) is 31.0 Å². The van der Waals surface area contributed by atoms with Crippen molar-refractivity contribution < 1.29 is 19.1 Å². The number of rotatable bonds is 10. The molecule has 1 aromatic heterocycles. The van der Waals surface area contributed by atoms with Crippen LogP contribution in [0.25, 0.3) is 0 Å². The Hall–Kier alpha value is -3.87. The molecule has 32 heavy (non-hydrogen) atoms. The van der Waals surface area contributed by atoms with Gasteiger partial charge in [-0.1, -0.05) is 24.3 Å². The number of carbonyl (C=O) groups excluding carboxylic acids is 2. The Kier molecular flexibility index (Phi) is 8.20. The van der Waals surface area contributed by atoms with Gasteiger partial charge in [0.25, 0.3) is 5.91 Å². The van der Waals surface area contributed by atoms with Crippen LogP contribution >= 0.6 is 0 Å². The summed E-state index contributed by atoms with van der Waals surface area (Å²) in [7, 11) is 1.60. The van der Waals surface area contributed by atoms with Crippen LogP contribution in [0.3, 0.4) is 0 Å². The summed E-state index contributed by atoms with van der Waals surface area (Å²) in [4.78, 5) is 28.8. The molecule has 7 heteroatoms. The average Bonchev–Trinajstić information content (AvgIpc) is 2.83. The number of carbonyl (C=O) groups is 2. The van der Waals surface area contributed by atoms with Crippen LogP contribution < -0.4 is 20.1 Å². The van der Waals surface area contributed by atoms with E-state index in [9.17, 15) is 9.59 Å². The minimum absolute atomic E-state index is 0.108. The van der Waals surface area contributed by atoms with Crippen molar-refractivity contribution in [2.45, 2.75) is 26.3 Å². The smallest absolute Gasteiger partial charge is 0.253 e. The van der Waals surface area contributed by atoms with Gasteiger partial charge in [-0.05, 0) is 54.8 Å².